The zero-order valence-electron chi connectivity index (χ0n) is 12.9. The maximum Gasteiger partial charge on any atom is 0.326 e. The fraction of sp³-hybridized carbons (Fsp3) is 0.250. The maximum atomic E-state index is 11.9. The number of aromatic nitrogens is 2. The van der Waals surface area contributed by atoms with E-state index in [-0.39, 0.29) is 25.3 Å². The van der Waals surface area contributed by atoms with Crippen molar-refractivity contribution in [2.45, 2.75) is 18.9 Å². The highest BCUT2D eigenvalue weighted by Gasteiger charge is 2.20. The molecule has 24 heavy (non-hydrogen) atoms. The van der Waals surface area contributed by atoms with Crippen molar-refractivity contribution < 1.29 is 19.5 Å². The summed E-state index contributed by atoms with van der Waals surface area (Å²) in [7, 11) is 0. The molecule has 2 rings (SSSR count). The van der Waals surface area contributed by atoms with Crippen molar-refractivity contribution >= 4 is 17.8 Å². The third-order valence-electron chi connectivity index (χ3n) is 3.29. The Labute approximate surface area is 138 Å². The number of benzene rings is 1. The third kappa shape index (κ3) is 5.24. The van der Waals surface area contributed by atoms with Crippen LogP contribution in [0, 0.1) is 0 Å². The minimum atomic E-state index is -1.13. The van der Waals surface area contributed by atoms with Gasteiger partial charge in [-0.25, -0.2) is 9.78 Å². The number of carbonyl (C=O) groups excluding carboxylic acids is 2. The molecule has 2 aromatic rings. The summed E-state index contributed by atoms with van der Waals surface area (Å²) >= 11 is 0. The van der Waals surface area contributed by atoms with Crippen LogP contribution in [0.25, 0.3) is 0 Å². The van der Waals surface area contributed by atoms with Crippen LogP contribution in [0.4, 0.5) is 0 Å². The average Bonchev–Trinajstić information content (AvgIpc) is 3.08. The standard InChI is InChI=1S/C16H18N4O4/c21-14(6-7-18-15(22)11-4-2-1-3-5-11)20-13(16(23)24)8-12-9-17-10-19-12/h1-5,9-10,13H,6-8H2,(H,17,19)(H,18,22)(H,20,21)(H,23,24)/t13-/m0/s1. The molecule has 1 aromatic heterocycles. The van der Waals surface area contributed by atoms with E-state index in [2.05, 4.69) is 20.6 Å². The minimum Gasteiger partial charge on any atom is -0.480 e. The minimum absolute atomic E-state index is 0.00860. The lowest BCUT2D eigenvalue weighted by Gasteiger charge is -2.13. The summed E-state index contributed by atoms with van der Waals surface area (Å²) in [5.74, 6) is -1.86. The summed E-state index contributed by atoms with van der Waals surface area (Å²) in [6, 6.07) is 7.57. The van der Waals surface area contributed by atoms with Crippen molar-refractivity contribution in [2.75, 3.05) is 6.54 Å². The number of amides is 2. The molecule has 8 heteroatoms. The number of carboxylic acid groups (broad SMARTS) is 1. The van der Waals surface area contributed by atoms with Gasteiger partial charge in [-0.2, -0.15) is 0 Å². The fourth-order valence-electron chi connectivity index (χ4n) is 2.06. The van der Waals surface area contributed by atoms with Gasteiger partial charge >= 0.3 is 5.97 Å². The van der Waals surface area contributed by atoms with Crippen LogP contribution in [0.3, 0.4) is 0 Å². The zero-order valence-corrected chi connectivity index (χ0v) is 12.9. The van der Waals surface area contributed by atoms with E-state index >= 15 is 0 Å². The molecule has 0 unspecified atom stereocenters. The first-order valence-corrected chi connectivity index (χ1v) is 7.39. The van der Waals surface area contributed by atoms with Crippen molar-refractivity contribution in [3.8, 4) is 0 Å². The number of carbonyl (C=O) groups is 3. The molecule has 0 fully saturated rings. The molecule has 4 N–H and O–H groups in total. The van der Waals surface area contributed by atoms with Crippen molar-refractivity contribution in [3.05, 3.63) is 54.1 Å². The molecule has 0 bridgehead atoms. The molecule has 1 aromatic carbocycles. The Balaban J connectivity index is 1.77. The molecule has 126 valence electrons. The average molecular weight is 330 g/mol. The Bertz CT molecular complexity index is 685. The first-order valence-electron chi connectivity index (χ1n) is 7.39. The van der Waals surface area contributed by atoms with Crippen LogP contribution in [-0.4, -0.2) is 45.4 Å². The highest BCUT2D eigenvalue weighted by molar-refractivity contribution is 5.94. The van der Waals surface area contributed by atoms with Crippen molar-refractivity contribution in [3.63, 3.8) is 0 Å². The number of H-pyrrole nitrogens is 1. The van der Waals surface area contributed by atoms with Crippen LogP contribution >= 0.6 is 0 Å². The summed E-state index contributed by atoms with van der Waals surface area (Å²) in [6.45, 7) is 0.121. The number of aromatic amines is 1. The van der Waals surface area contributed by atoms with Crippen LogP contribution < -0.4 is 10.6 Å². The Morgan fingerprint density at radius 3 is 2.58 bits per heavy atom. The second kappa shape index (κ2) is 8.47. The number of rotatable bonds is 8. The van der Waals surface area contributed by atoms with Crippen LogP contribution in [0.5, 0.6) is 0 Å². The highest BCUT2D eigenvalue weighted by atomic mass is 16.4. The first kappa shape index (κ1) is 17.2. The molecular weight excluding hydrogens is 312 g/mol. The van der Waals surface area contributed by atoms with Gasteiger partial charge in [0.15, 0.2) is 0 Å². The molecule has 0 aliphatic carbocycles. The largest absolute Gasteiger partial charge is 0.480 e. The van der Waals surface area contributed by atoms with Gasteiger partial charge in [0.2, 0.25) is 5.91 Å². The zero-order chi connectivity index (χ0) is 17.4. The molecule has 0 saturated heterocycles. The second-order valence-corrected chi connectivity index (χ2v) is 5.11. The van der Waals surface area contributed by atoms with Crippen LogP contribution in [0.2, 0.25) is 0 Å². The second-order valence-electron chi connectivity index (χ2n) is 5.11. The lowest BCUT2D eigenvalue weighted by Crippen LogP contribution is -2.43. The number of hydrogen-bond donors (Lipinski definition) is 4. The Kier molecular flexibility index (Phi) is 6.07. The van der Waals surface area contributed by atoms with Crippen molar-refractivity contribution in [1.29, 1.82) is 0 Å². The molecule has 2 amide bonds. The summed E-state index contributed by atoms with van der Waals surface area (Å²) in [6.07, 6.45) is 3.04. The van der Waals surface area contributed by atoms with Crippen LogP contribution in [0.15, 0.2) is 42.9 Å². The molecule has 1 heterocycles. The Morgan fingerprint density at radius 2 is 1.96 bits per heavy atom. The summed E-state index contributed by atoms with van der Waals surface area (Å²) in [4.78, 5) is 41.5. The van der Waals surface area contributed by atoms with Gasteiger partial charge in [-0.3, -0.25) is 9.59 Å². The monoisotopic (exact) mass is 330 g/mol. The van der Waals surface area contributed by atoms with E-state index in [1.807, 2.05) is 0 Å². The smallest absolute Gasteiger partial charge is 0.326 e. The molecule has 1 atom stereocenters. The molecule has 0 radical (unpaired) electrons. The number of carboxylic acids is 1. The Morgan fingerprint density at radius 1 is 1.21 bits per heavy atom. The van der Waals surface area contributed by atoms with Gasteiger partial charge in [0.05, 0.1) is 6.33 Å². The SMILES string of the molecule is O=C(CCNC(=O)c1ccccc1)N[C@@H](Cc1cnc[nH]1)C(=O)O. The van der Waals surface area contributed by atoms with Gasteiger partial charge in [-0.05, 0) is 12.1 Å². The molecule has 0 spiro atoms. The molecule has 0 aliphatic heterocycles. The molecular formula is C16H18N4O4. The number of imidazole rings is 1. The summed E-state index contributed by atoms with van der Waals surface area (Å²) < 4.78 is 0. The van der Waals surface area contributed by atoms with E-state index in [0.29, 0.717) is 11.3 Å². The summed E-state index contributed by atoms with van der Waals surface area (Å²) in [5.41, 5.74) is 1.11. The molecule has 0 saturated carbocycles. The van der Waals surface area contributed by atoms with Crippen LogP contribution in [0.1, 0.15) is 22.5 Å². The predicted octanol–water partition coefficient (Wildman–Crippen LogP) is 0.342. The third-order valence-corrected chi connectivity index (χ3v) is 3.29. The van der Waals surface area contributed by atoms with Gasteiger partial charge in [-0.1, -0.05) is 18.2 Å². The van der Waals surface area contributed by atoms with E-state index in [1.54, 1.807) is 30.3 Å². The van der Waals surface area contributed by atoms with E-state index in [4.69, 9.17) is 5.11 Å². The lowest BCUT2D eigenvalue weighted by atomic mass is 10.1. The van der Waals surface area contributed by atoms with Gasteiger partial charge < -0.3 is 20.7 Å². The van der Waals surface area contributed by atoms with E-state index in [0.717, 1.165) is 0 Å². The topological polar surface area (TPSA) is 124 Å². The van der Waals surface area contributed by atoms with E-state index in [1.165, 1.54) is 12.5 Å². The number of nitrogens with one attached hydrogen (secondary N) is 3. The van der Waals surface area contributed by atoms with E-state index in [9.17, 15) is 14.4 Å². The number of hydrogen-bond acceptors (Lipinski definition) is 4. The molecule has 0 aliphatic rings. The van der Waals surface area contributed by atoms with Gasteiger partial charge in [-0.15, -0.1) is 0 Å². The van der Waals surface area contributed by atoms with Gasteiger partial charge in [0.25, 0.3) is 5.91 Å². The van der Waals surface area contributed by atoms with Crippen molar-refractivity contribution in [1.82, 2.24) is 20.6 Å². The van der Waals surface area contributed by atoms with E-state index < -0.39 is 17.9 Å². The highest BCUT2D eigenvalue weighted by Crippen LogP contribution is 2.00. The first-order chi connectivity index (χ1) is 11.6. The predicted molar refractivity (Wildman–Crippen MR) is 85.3 cm³/mol. The number of aliphatic carboxylic acids is 1. The van der Waals surface area contributed by atoms with Crippen LogP contribution in [-0.2, 0) is 16.0 Å². The lowest BCUT2D eigenvalue weighted by molar-refractivity contribution is -0.141. The van der Waals surface area contributed by atoms with Gasteiger partial charge in [0.1, 0.15) is 6.04 Å². The van der Waals surface area contributed by atoms with Crippen molar-refractivity contribution in [2.24, 2.45) is 0 Å². The Hall–Kier alpha value is -3.16. The summed E-state index contributed by atoms with van der Waals surface area (Å²) in [5, 5.41) is 14.2. The van der Waals surface area contributed by atoms with Gasteiger partial charge in [0, 0.05) is 36.8 Å². The quantitative estimate of drug-likeness (QED) is 0.556. The fourth-order valence-corrected chi connectivity index (χ4v) is 2.06. The number of nitrogens with zero attached hydrogens (tertiary/aromatic N) is 1. The molecule has 8 nitrogen and oxygen atoms in total. The normalized spacial score (nSPS) is 11.5. The maximum absolute atomic E-state index is 11.9.